The molecule has 0 spiro atoms. The summed E-state index contributed by atoms with van der Waals surface area (Å²) in [6, 6.07) is 5.63. The maximum atomic E-state index is 12.7. The van der Waals surface area contributed by atoms with Crippen LogP contribution in [0.3, 0.4) is 0 Å². The fraction of sp³-hybridized carbons (Fsp3) is 0.667. The van der Waals surface area contributed by atoms with Gasteiger partial charge in [0.05, 0.1) is 24.4 Å². The minimum atomic E-state index is -0.250. The van der Waals surface area contributed by atoms with Gasteiger partial charge in [-0.2, -0.15) is 0 Å². The number of aliphatic hydroxyl groups excluding tert-OH is 2. The Kier molecular flexibility index (Phi) is 5.81. The highest BCUT2D eigenvalue weighted by molar-refractivity contribution is 5.79. The van der Waals surface area contributed by atoms with Crippen LogP contribution in [0.1, 0.15) is 37.4 Å². The summed E-state index contributed by atoms with van der Waals surface area (Å²) >= 11 is 0. The highest BCUT2D eigenvalue weighted by Gasteiger charge is 2.37. The molecule has 1 saturated heterocycles. The van der Waals surface area contributed by atoms with Gasteiger partial charge in [0.2, 0.25) is 5.91 Å². The first-order valence-corrected chi connectivity index (χ1v) is 8.90. The molecule has 1 unspecified atom stereocenters. The van der Waals surface area contributed by atoms with E-state index < -0.39 is 0 Å². The molecular formula is C18H27N3O3. The minimum absolute atomic E-state index is 0.0242. The number of amides is 1. The van der Waals surface area contributed by atoms with Crippen molar-refractivity contribution in [2.75, 3.05) is 26.2 Å². The number of nitrogens with one attached hydrogen (secondary N) is 1. The number of β-amino-alcohol motifs (C(OH)–C–C–N with tert-alkyl or cyclic N) is 1. The van der Waals surface area contributed by atoms with Gasteiger partial charge in [0.1, 0.15) is 0 Å². The van der Waals surface area contributed by atoms with E-state index in [9.17, 15) is 9.90 Å². The van der Waals surface area contributed by atoms with E-state index in [1.807, 2.05) is 18.2 Å². The fourth-order valence-electron chi connectivity index (χ4n) is 3.73. The summed E-state index contributed by atoms with van der Waals surface area (Å²) in [6.45, 7) is 2.57. The molecule has 24 heavy (non-hydrogen) atoms. The van der Waals surface area contributed by atoms with E-state index in [1.165, 1.54) is 0 Å². The van der Waals surface area contributed by atoms with Gasteiger partial charge in [0.25, 0.3) is 0 Å². The van der Waals surface area contributed by atoms with Crippen LogP contribution in [0.15, 0.2) is 24.4 Å². The van der Waals surface area contributed by atoms with Gasteiger partial charge in [0, 0.05) is 18.7 Å². The third-order valence-corrected chi connectivity index (χ3v) is 5.30. The van der Waals surface area contributed by atoms with Gasteiger partial charge in [-0.1, -0.05) is 6.07 Å². The highest BCUT2D eigenvalue weighted by Crippen LogP contribution is 2.37. The quantitative estimate of drug-likeness (QED) is 0.714. The number of aliphatic hydroxyl groups is 2. The summed E-state index contributed by atoms with van der Waals surface area (Å²) in [5, 5.41) is 21.8. The molecule has 6 heteroatoms. The summed E-state index contributed by atoms with van der Waals surface area (Å²) in [6.07, 6.45) is 4.59. The van der Waals surface area contributed by atoms with Crippen molar-refractivity contribution in [1.29, 1.82) is 0 Å². The highest BCUT2D eigenvalue weighted by atomic mass is 16.3. The molecule has 1 aromatic heterocycles. The topological polar surface area (TPSA) is 85.7 Å². The number of hydrogen-bond acceptors (Lipinski definition) is 5. The lowest BCUT2D eigenvalue weighted by molar-refractivity contribution is -0.128. The Morgan fingerprint density at radius 3 is 2.67 bits per heavy atom. The largest absolute Gasteiger partial charge is 0.395 e. The second-order valence-electron chi connectivity index (χ2n) is 6.97. The predicted octanol–water partition coefficient (Wildman–Crippen LogP) is 0.714. The van der Waals surface area contributed by atoms with Gasteiger partial charge in [0.15, 0.2) is 0 Å². The van der Waals surface area contributed by atoms with Crippen molar-refractivity contribution in [3.05, 3.63) is 30.1 Å². The van der Waals surface area contributed by atoms with Crippen LogP contribution in [0.25, 0.3) is 0 Å². The molecule has 1 aliphatic heterocycles. The lowest BCUT2D eigenvalue weighted by atomic mass is 9.76. The van der Waals surface area contributed by atoms with Gasteiger partial charge >= 0.3 is 0 Å². The first-order chi connectivity index (χ1) is 11.7. The van der Waals surface area contributed by atoms with Crippen LogP contribution >= 0.6 is 0 Å². The standard InChI is InChI=1S/C18H27N3O3/c22-10-9-21-7-4-13(5-8-21)18(24)20-17(14-11-15(23)12-14)16-3-1-2-6-19-16/h1-3,6,13-15,17,22-23H,4-5,7-12H2,(H,20,24). The van der Waals surface area contributed by atoms with E-state index >= 15 is 0 Å². The molecule has 3 rings (SSSR count). The Balaban J connectivity index is 1.60. The van der Waals surface area contributed by atoms with E-state index in [0.717, 1.165) is 44.5 Å². The Morgan fingerprint density at radius 1 is 1.33 bits per heavy atom. The summed E-state index contributed by atoms with van der Waals surface area (Å²) in [5.74, 6) is 0.375. The van der Waals surface area contributed by atoms with Crippen LogP contribution in [0, 0.1) is 11.8 Å². The van der Waals surface area contributed by atoms with E-state index in [2.05, 4.69) is 15.2 Å². The molecular weight excluding hydrogens is 306 g/mol. The Bertz CT molecular complexity index is 526. The molecule has 0 radical (unpaired) electrons. The van der Waals surface area contributed by atoms with Gasteiger partial charge in [-0.05, 0) is 56.8 Å². The van der Waals surface area contributed by atoms with E-state index in [0.29, 0.717) is 6.54 Å². The lowest BCUT2D eigenvalue weighted by Crippen LogP contribution is -2.46. The van der Waals surface area contributed by atoms with Gasteiger partial charge in [-0.15, -0.1) is 0 Å². The summed E-state index contributed by atoms with van der Waals surface area (Å²) < 4.78 is 0. The smallest absolute Gasteiger partial charge is 0.223 e. The zero-order chi connectivity index (χ0) is 16.9. The van der Waals surface area contributed by atoms with Crippen molar-refractivity contribution >= 4 is 5.91 Å². The maximum Gasteiger partial charge on any atom is 0.223 e. The van der Waals surface area contributed by atoms with Crippen LogP contribution in [0.2, 0.25) is 0 Å². The minimum Gasteiger partial charge on any atom is -0.395 e. The van der Waals surface area contributed by atoms with Crippen LogP contribution < -0.4 is 5.32 Å². The molecule has 0 aromatic carbocycles. The summed E-state index contributed by atoms with van der Waals surface area (Å²) in [7, 11) is 0. The molecule has 6 nitrogen and oxygen atoms in total. The number of likely N-dealkylation sites (tertiary alicyclic amines) is 1. The van der Waals surface area contributed by atoms with Gasteiger partial charge in [-0.3, -0.25) is 9.78 Å². The molecule has 1 aliphatic carbocycles. The number of carbonyl (C=O) groups excluding carboxylic acids is 1. The van der Waals surface area contributed by atoms with E-state index in [-0.39, 0.29) is 36.5 Å². The third kappa shape index (κ3) is 4.12. The lowest BCUT2D eigenvalue weighted by Gasteiger charge is -2.39. The molecule has 2 fully saturated rings. The van der Waals surface area contributed by atoms with E-state index in [4.69, 9.17) is 5.11 Å². The first-order valence-electron chi connectivity index (χ1n) is 8.90. The molecule has 132 valence electrons. The zero-order valence-electron chi connectivity index (χ0n) is 14.0. The van der Waals surface area contributed by atoms with Crippen molar-refractivity contribution in [2.24, 2.45) is 11.8 Å². The second kappa shape index (κ2) is 8.05. The molecule has 2 aliphatic rings. The SMILES string of the molecule is O=C(NC(c1ccccn1)C1CC(O)C1)C1CCN(CCO)CC1. The Labute approximate surface area is 142 Å². The normalized spacial score (nSPS) is 26.6. The van der Waals surface area contributed by atoms with Crippen molar-refractivity contribution in [2.45, 2.75) is 37.8 Å². The number of carbonyl (C=O) groups is 1. The molecule has 1 amide bonds. The molecule has 0 bridgehead atoms. The van der Waals surface area contributed by atoms with Crippen LogP contribution in [0.4, 0.5) is 0 Å². The number of aromatic nitrogens is 1. The van der Waals surface area contributed by atoms with Crippen LogP contribution in [-0.4, -0.2) is 58.3 Å². The molecule has 1 saturated carbocycles. The first kappa shape index (κ1) is 17.3. The average molecular weight is 333 g/mol. The molecule has 1 aromatic rings. The average Bonchev–Trinajstić information content (AvgIpc) is 2.59. The zero-order valence-corrected chi connectivity index (χ0v) is 14.0. The van der Waals surface area contributed by atoms with Crippen LogP contribution in [-0.2, 0) is 4.79 Å². The molecule has 2 heterocycles. The number of pyridine rings is 1. The number of hydrogen-bond donors (Lipinski definition) is 3. The Hall–Kier alpha value is -1.50. The summed E-state index contributed by atoms with van der Waals surface area (Å²) in [5.41, 5.74) is 0.875. The molecule has 1 atom stereocenters. The van der Waals surface area contributed by atoms with Crippen molar-refractivity contribution in [3.63, 3.8) is 0 Å². The number of rotatable bonds is 6. The van der Waals surface area contributed by atoms with Crippen molar-refractivity contribution < 1.29 is 15.0 Å². The van der Waals surface area contributed by atoms with E-state index in [1.54, 1.807) is 6.20 Å². The monoisotopic (exact) mass is 333 g/mol. The number of piperidine rings is 1. The molecule has 3 N–H and O–H groups in total. The fourth-order valence-corrected chi connectivity index (χ4v) is 3.73. The second-order valence-corrected chi connectivity index (χ2v) is 6.97. The van der Waals surface area contributed by atoms with Gasteiger partial charge in [-0.25, -0.2) is 0 Å². The predicted molar refractivity (Wildman–Crippen MR) is 90.1 cm³/mol. The third-order valence-electron chi connectivity index (χ3n) is 5.30. The maximum absolute atomic E-state index is 12.7. The van der Waals surface area contributed by atoms with Crippen molar-refractivity contribution in [1.82, 2.24) is 15.2 Å². The Morgan fingerprint density at radius 2 is 2.08 bits per heavy atom. The number of nitrogens with zero attached hydrogens (tertiary/aromatic N) is 2. The van der Waals surface area contributed by atoms with Crippen LogP contribution in [0.5, 0.6) is 0 Å². The summed E-state index contributed by atoms with van der Waals surface area (Å²) in [4.78, 5) is 19.3. The van der Waals surface area contributed by atoms with Crippen molar-refractivity contribution in [3.8, 4) is 0 Å². The van der Waals surface area contributed by atoms with Gasteiger partial charge < -0.3 is 20.4 Å².